The summed E-state index contributed by atoms with van der Waals surface area (Å²) in [5.74, 6) is -0.991. The Morgan fingerprint density at radius 1 is 1.79 bits per heavy atom. The predicted molar refractivity (Wildman–Crippen MR) is 49.1 cm³/mol. The summed E-state index contributed by atoms with van der Waals surface area (Å²) >= 11 is 0. The Bertz CT molecular complexity index is 387. The molecule has 1 heterocycles. The summed E-state index contributed by atoms with van der Waals surface area (Å²) in [5.41, 5.74) is 0.713. The molecule has 0 saturated heterocycles. The molecule has 0 aliphatic carbocycles. The third kappa shape index (κ3) is 3.11. The summed E-state index contributed by atoms with van der Waals surface area (Å²) in [6, 6.07) is 2.00. The summed E-state index contributed by atoms with van der Waals surface area (Å²) in [7, 11) is 0. The van der Waals surface area contributed by atoms with E-state index < -0.39 is 5.97 Å². The quantitative estimate of drug-likeness (QED) is 0.717. The van der Waals surface area contributed by atoms with Crippen molar-refractivity contribution < 1.29 is 9.90 Å². The number of aromatic nitrogens is 2. The van der Waals surface area contributed by atoms with Gasteiger partial charge in [0.2, 0.25) is 0 Å². The fourth-order valence-electron chi connectivity index (χ4n) is 0.920. The van der Waals surface area contributed by atoms with Crippen molar-refractivity contribution in [2.24, 2.45) is 0 Å². The summed E-state index contributed by atoms with van der Waals surface area (Å²) in [6.07, 6.45) is 6.14. The molecule has 0 fully saturated rings. The number of nitriles is 1. The molecule has 0 unspecified atom stereocenters. The average molecular weight is 191 g/mol. The molecule has 0 spiro atoms. The molecule has 1 rings (SSSR count). The van der Waals surface area contributed by atoms with Crippen LogP contribution in [0.4, 0.5) is 0 Å². The lowest BCUT2D eigenvalue weighted by Crippen LogP contribution is -1.96. The van der Waals surface area contributed by atoms with E-state index in [0.29, 0.717) is 18.5 Å². The van der Waals surface area contributed by atoms with Crippen molar-refractivity contribution in [2.75, 3.05) is 0 Å². The van der Waals surface area contributed by atoms with E-state index in [-0.39, 0.29) is 0 Å². The van der Waals surface area contributed by atoms with Crippen LogP contribution < -0.4 is 0 Å². The highest BCUT2D eigenvalue weighted by Crippen LogP contribution is 2.00. The highest BCUT2D eigenvalue weighted by atomic mass is 16.4. The first-order chi connectivity index (χ1) is 6.72. The van der Waals surface area contributed by atoms with Crippen molar-refractivity contribution in [1.82, 2.24) is 9.78 Å². The molecule has 5 nitrogen and oxygen atoms in total. The van der Waals surface area contributed by atoms with Gasteiger partial charge in [0.1, 0.15) is 0 Å². The summed E-state index contributed by atoms with van der Waals surface area (Å²) in [5, 5.41) is 20.6. The minimum atomic E-state index is -0.991. The average Bonchev–Trinajstić information content (AvgIpc) is 2.59. The Kier molecular flexibility index (Phi) is 3.44. The van der Waals surface area contributed by atoms with Crippen molar-refractivity contribution >= 4 is 12.0 Å². The predicted octanol–water partition coefficient (Wildman–Crippen LogP) is 0.895. The van der Waals surface area contributed by atoms with Gasteiger partial charge in [-0.1, -0.05) is 0 Å². The van der Waals surface area contributed by atoms with Crippen LogP contribution in [0.1, 0.15) is 12.0 Å². The maximum Gasteiger partial charge on any atom is 0.328 e. The van der Waals surface area contributed by atoms with Crippen LogP contribution in [0.5, 0.6) is 0 Å². The zero-order chi connectivity index (χ0) is 10.4. The molecule has 72 valence electrons. The monoisotopic (exact) mass is 191 g/mol. The van der Waals surface area contributed by atoms with E-state index in [1.54, 1.807) is 17.1 Å². The fraction of sp³-hybridized carbons (Fsp3) is 0.222. The van der Waals surface area contributed by atoms with Gasteiger partial charge < -0.3 is 5.11 Å². The molecular formula is C9H9N3O2. The molecule has 0 aliphatic heterocycles. The maximum absolute atomic E-state index is 10.2. The van der Waals surface area contributed by atoms with Gasteiger partial charge in [-0.2, -0.15) is 10.4 Å². The van der Waals surface area contributed by atoms with Crippen LogP contribution in [-0.2, 0) is 11.3 Å². The second-order valence-corrected chi connectivity index (χ2v) is 2.62. The Morgan fingerprint density at radius 3 is 3.21 bits per heavy atom. The Hall–Kier alpha value is -2.09. The van der Waals surface area contributed by atoms with Crippen molar-refractivity contribution in [3.8, 4) is 6.07 Å². The zero-order valence-electron chi connectivity index (χ0n) is 7.42. The lowest BCUT2D eigenvalue weighted by molar-refractivity contribution is -0.131. The van der Waals surface area contributed by atoms with Gasteiger partial charge in [0.25, 0.3) is 0 Å². The van der Waals surface area contributed by atoms with Gasteiger partial charge in [-0.05, 0) is 6.08 Å². The first-order valence-corrected chi connectivity index (χ1v) is 4.03. The third-order valence-electron chi connectivity index (χ3n) is 1.52. The number of hydrogen-bond donors (Lipinski definition) is 1. The molecular weight excluding hydrogens is 182 g/mol. The molecule has 0 amide bonds. The Labute approximate surface area is 80.9 Å². The van der Waals surface area contributed by atoms with Crippen molar-refractivity contribution in [1.29, 1.82) is 5.26 Å². The summed E-state index contributed by atoms with van der Waals surface area (Å²) in [6.45, 7) is 0.525. The van der Waals surface area contributed by atoms with Gasteiger partial charge in [0.15, 0.2) is 0 Å². The van der Waals surface area contributed by atoms with E-state index >= 15 is 0 Å². The van der Waals surface area contributed by atoms with Gasteiger partial charge in [0, 0.05) is 17.8 Å². The lowest BCUT2D eigenvalue weighted by atomic mass is 10.3. The summed E-state index contributed by atoms with van der Waals surface area (Å²) < 4.78 is 1.60. The second-order valence-electron chi connectivity index (χ2n) is 2.62. The number of carbonyl (C=O) groups is 1. The van der Waals surface area contributed by atoms with Crippen LogP contribution in [0.15, 0.2) is 18.5 Å². The van der Waals surface area contributed by atoms with E-state index in [9.17, 15) is 4.79 Å². The van der Waals surface area contributed by atoms with E-state index in [4.69, 9.17) is 10.4 Å². The highest BCUT2D eigenvalue weighted by molar-refractivity contribution is 5.85. The fourth-order valence-corrected chi connectivity index (χ4v) is 0.920. The highest BCUT2D eigenvalue weighted by Gasteiger charge is 1.95. The molecule has 1 N–H and O–H groups in total. The minimum absolute atomic E-state index is 0.393. The molecule has 1 aromatic rings. The molecule has 0 radical (unpaired) electrons. The van der Waals surface area contributed by atoms with E-state index in [0.717, 1.165) is 6.08 Å². The van der Waals surface area contributed by atoms with Crippen LogP contribution in [-0.4, -0.2) is 20.9 Å². The van der Waals surface area contributed by atoms with Crippen molar-refractivity contribution in [3.05, 3.63) is 24.0 Å². The largest absolute Gasteiger partial charge is 0.478 e. The summed E-state index contributed by atoms with van der Waals surface area (Å²) in [4.78, 5) is 10.2. The van der Waals surface area contributed by atoms with Crippen molar-refractivity contribution in [3.63, 3.8) is 0 Å². The number of nitrogens with zero attached hydrogens (tertiary/aromatic N) is 3. The molecule has 5 heteroatoms. The number of carboxylic acid groups (broad SMARTS) is 1. The SMILES string of the molecule is N#CCCn1cc(/C=C/C(=O)O)cn1. The Balaban J connectivity index is 2.60. The van der Waals surface area contributed by atoms with E-state index in [1.807, 2.05) is 6.07 Å². The van der Waals surface area contributed by atoms with Gasteiger partial charge in [0.05, 0.1) is 25.2 Å². The minimum Gasteiger partial charge on any atom is -0.478 e. The second kappa shape index (κ2) is 4.82. The first-order valence-electron chi connectivity index (χ1n) is 4.03. The molecule has 0 aliphatic rings. The molecule has 1 aromatic heterocycles. The number of carboxylic acids is 1. The number of hydrogen-bond acceptors (Lipinski definition) is 3. The zero-order valence-corrected chi connectivity index (χ0v) is 7.42. The Morgan fingerprint density at radius 2 is 2.57 bits per heavy atom. The van der Waals surface area contributed by atoms with Gasteiger partial charge in [-0.25, -0.2) is 4.79 Å². The first kappa shape index (κ1) is 9.99. The topological polar surface area (TPSA) is 78.9 Å². The van der Waals surface area contributed by atoms with E-state index in [2.05, 4.69) is 5.10 Å². The van der Waals surface area contributed by atoms with Gasteiger partial charge in [-0.15, -0.1) is 0 Å². The number of aliphatic carboxylic acids is 1. The van der Waals surface area contributed by atoms with Crippen LogP contribution >= 0.6 is 0 Å². The third-order valence-corrected chi connectivity index (χ3v) is 1.52. The lowest BCUT2D eigenvalue weighted by Gasteiger charge is -1.92. The van der Waals surface area contributed by atoms with Crippen molar-refractivity contribution in [2.45, 2.75) is 13.0 Å². The molecule has 0 bridgehead atoms. The van der Waals surface area contributed by atoms with Crippen LogP contribution in [0.25, 0.3) is 6.08 Å². The molecule has 0 aromatic carbocycles. The van der Waals surface area contributed by atoms with Crippen LogP contribution in [0.3, 0.4) is 0 Å². The maximum atomic E-state index is 10.2. The van der Waals surface area contributed by atoms with Gasteiger partial charge in [-0.3, -0.25) is 4.68 Å². The molecule has 0 saturated carbocycles. The van der Waals surface area contributed by atoms with Crippen LogP contribution in [0.2, 0.25) is 0 Å². The molecule has 14 heavy (non-hydrogen) atoms. The van der Waals surface area contributed by atoms with E-state index in [1.165, 1.54) is 6.08 Å². The van der Waals surface area contributed by atoms with Gasteiger partial charge >= 0.3 is 5.97 Å². The number of aryl methyl sites for hydroxylation is 1. The normalized spacial score (nSPS) is 10.2. The van der Waals surface area contributed by atoms with Crippen LogP contribution in [0, 0.1) is 11.3 Å². The number of rotatable bonds is 4. The molecule has 0 atom stereocenters. The standard InChI is InChI=1S/C9H9N3O2/c10-4-1-5-12-7-8(6-11-12)2-3-9(13)14/h2-3,6-7H,1,5H2,(H,13,14)/b3-2+. The smallest absolute Gasteiger partial charge is 0.328 e.